The molecule has 4 amide bonds. The van der Waals surface area contributed by atoms with Gasteiger partial charge in [-0.05, 0) is 17.9 Å². The van der Waals surface area contributed by atoms with Crippen molar-refractivity contribution in [2.24, 2.45) is 0 Å². The molecule has 1 aliphatic rings. The second-order valence-electron chi connectivity index (χ2n) is 5.04. The van der Waals surface area contributed by atoms with Gasteiger partial charge >= 0.3 is 6.03 Å². The van der Waals surface area contributed by atoms with Gasteiger partial charge in [-0.25, -0.2) is 4.79 Å². The molecule has 1 aromatic rings. The highest BCUT2D eigenvalue weighted by Gasteiger charge is 2.38. The SMILES string of the molecule is CCCC1NC(=O)N(CC(=O)N(C)Cc2cccs2)C1=O. The zero-order valence-corrected chi connectivity index (χ0v) is 13.0. The van der Waals surface area contributed by atoms with Crippen molar-refractivity contribution in [2.75, 3.05) is 13.6 Å². The Morgan fingerprint density at radius 2 is 2.24 bits per heavy atom. The summed E-state index contributed by atoms with van der Waals surface area (Å²) in [5, 5.41) is 4.56. The van der Waals surface area contributed by atoms with E-state index in [1.54, 1.807) is 18.4 Å². The number of urea groups is 1. The van der Waals surface area contributed by atoms with E-state index in [0.29, 0.717) is 13.0 Å². The van der Waals surface area contributed by atoms with Crippen LogP contribution in [-0.4, -0.2) is 47.3 Å². The highest BCUT2D eigenvalue weighted by molar-refractivity contribution is 7.09. The van der Waals surface area contributed by atoms with Crippen LogP contribution in [0.4, 0.5) is 4.79 Å². The third-order valence-electron chi connectivity index (χ3n) is 3.38. The molecule has 21 heavy (non-hydrogen) atoms. The highest BCUT2D eigenvalue weighted by atomic mass is 32.1. The maximum atomic E-state index is 12.1. The molecular weight excluding hydrogens is 290 g/mol. The van der Waals surface area contributed by atoms with Gasteiger partial charge in [0.2, 0.25) is 5.91 Å². The molecule has 1 atom stereocenters. The summed E-state index contributed by atoms with van der Waals surface area (Å²) in [7, 11) is 1.67. The van der Waals surface area contributed by atoms with Crippen molar-refractivity contribution in [3.05, 3.63) is 22.4 Å². The van der Waals surface area contributed by atoms with E-state index in [0.717, 1.165) is 16.2 Å². The van der Waals surface area contributed by atoms with Gasteiger partial charge < -0.3 is 10.2 Å². The lowest BCUT2D eigenvalue weighted by atomic mass is 10.2. The largest absolute Gasteiger partial charge is 0.339 e. The first-order chi connectivity index (χ1) is 10.0. The molecule has 1 aliphatic heterocycles. The van der Waals surface area contributed by atoms with Crippen LogP contribution in [0.3, 0.4) is 0 Å². The Hall–Kier alpha value is -1.89. The molecule has 1 fully saturated rings. The molecule has 0 radical (unpaired) electrons. The van der Waals surface area contributed by atoms with Gasteiger partial charge in [-0.1, -0.05) is 19.4 Å². The Bertz CT molecular complexity index is 530. The van der Waals surface area contributed by atoms with Crippen LogP contribution in [0, 0.1) is 0 Å². The molecule has 0 bridgehead atoms. The maximum Gasteiger partial charge on any atom is 0.325 e. The van der Waals surface area contributed by atoms with E-state index in [4.69, 9.17) is 0 Å². The molecule has 6 nitrogen and oxygen atoms in total. The van der Waals surface area contributed by atoms with Crippen molar-refractivity contribution in [3.63, 3.8) is 0 Å². The zero-order valence-electron chi connectivity index (χ0n) is 12.2. The molecule has 114 valence electrons. The second-order valence-corrected chi connectivity index (χ2v) is 6.08. The lowest BCUT2D eigenvalue weighted by Gasteiger charge is -2.19. The average molecular weight is 309 g/mol. The van der Waals surface area contributed by atoms with Gasteiger partial charge in [-0.3, -0.25) is 14.5 Å². The Balaban J connectivity index is 1.92. The summed E-state index contributed by atoms with van der Waals surface area (Å²) in [6.45, 7) is 2.23. The van der Waals surface area contributed by atoms with Crippen molar-refractivity contribution in [2.45, 2.75) is 32.4 Å². The molecule has 1 saturated heterocycles. The van der Waals surface area contributed by atoms with E-state index in [2.05, 4.69) is 5.32 Å². The van der Waals surface area contributed by atoms with E-state index < -0.39 is 12.1 Å². The molecular formula is C14H19N3O3S. The first-order valence-corrected chi connectivity index (χ1v) is 7.79. The Labute approximate surface area is 127 Å². The van der Waals surface area contributed by atoms with E-state index in [-0.39, 0.29) is 18.4 Å². The number of carbonyl (C=O) groups is 3. The maximum absolute atomic E-state index is 12.1. The molecule has 0 aromatic carbocycles. The number of rotatable bonds is 6. The molecule has 0 aliphatic carbocycles. The minimum atomic E-state index is -0.488. The summed E-state index contributed by atoms with van der Waals surface area (Å²) < 4.78 is 0. The fourth-order valence-electron chi connectivity index (χ4n) is 2.19. The molecule has 7 heteroatoms. The first-order valence-electron chi connectivity index (χ1n) is 6.91. The number of likely N-dealkylation sites (N-methyl/N-ethyl adjacent to an activating group) is 1. The number of imide groups is 1. The molecule has 1 unspecified atom stereocenters. The molecule has 0 saturated carbocycles. The quantitative estimate of drug-likeness (QED) is 0.808. The van der Waals surface area contributed by atoms with Gasteiger partial charge in [0, 0.05) is 11.9 Å². The van der Waals surface area contributed by atoms with Crippen molar-refractivity contribution in [3.8, 4) is 0 Å². The molecule has 0 spiro atoms. The summed E-state index contributed by atoms with van der Waals surface area (Å²) >= 11 is 1.57. The number of thiophene rings is 1. The predicted octanol–water partition coefficient (Wildman–Crippen LogP) is 1.43. The number of hydrogen-bond donors (Lipinski definition) is 1. The van der Waals surface area contributed by atoms with Gasteiger partial charge in [0.15, 0.2) is 0 Å². The van der Waals surface area contributed by atoms with Crippen molar-refractivity contribution < 1.29 is 14.4 Å². The van der Waals surface area contributed by atoms with E-state index in [1.807, 2.05) is 24.4 Å². The van der Waals surface area contributed by atoms with Crippen LogP contribution in [0.25, 0.3) is 0 Å². The fourth-order valence-corrected chi connectivity index (χ4v) is 2.95. The number of nitrogens with zero attached hydrogens (tertiary/aromatic N) is 2. The number of hydrogen-bond acceptors (Lipinski definition) is 4. The van der Waals surface area contributed by atoms with E-state index in [9.17, 15) is 14.4 Å². The minimum Gasteiger partial charge on any atom is -0.339 e. The lowest BCUT2D eigenvalue weighted by molar-refractivity contribution is -0.136. The van der Waals surface area contributed by atoms with Crippen LogP contribution in [0.1, 0.15) is 24.6 Å². The topological polar surface area (TPSA) is 69.7 Å². The van der Waals surface area contributed by atoms with Crippen LogP contribution in [0.5, 0.6) is 0 Å². The number of carbonyl (C=O) groups excluding carboxylic acids is 3. The zero-order chi connectivity index (χ0) is 15.4. The van der Waals surface area contributed by atoms with Crippen molar-refractivity contribution in [1.29, 1.82) is 0 Å². The molecule has 1 aromatic heterocycles. The third-order valence-corrected chi connectivity index (χ3v) is 4.24. The second kappa shape index (κ2) is 6.71. The van der Waals surface area contributed by atoms with Crippen LogP contribution in [0.15, 0.2) is 17.5 Å². The Kier molecular flexibility index (Phi) is 4.95. The minimum absolute atomic E-state index is 0.202. The number of amides is 4. The summed E-state index contributed by atoms with van der Waals surface area (Å²) in [5.41, 5.74) is 0. The first kappa shape index (κ1) is 15.5. The Morgan fingerprint density at radius 1 is 1.48 bits per heavy atom. The van der Waals surface area contributed by atoms with Crippen molar-refractivity contribution in [1.82, 2.24) is 15.1 Å². The van der Waals surface area contributed by atoms with Crippen LogP contribution in [0.2, 0.25) is 0 Å². The monoisotopic (exact) mass is 309 g/mol. The highest BCUT2D eigenvalue weighted by Crippen LogP contribution is 2.13. The van der Waals surface area contributed by atoms with Gasteiger partial charge in [-0.15, -0.1) is 11.3 Å². The van der Waals surface area contributed by atoms with Crippen LogP contribution < -0.4 is 5.32 Å². The molecule has 2 rings (SSSR count). The summed E-state index contributed by atoms with van der Waals surface area (Å²) in [5.74, 6) is -0.552. The van der Waals surface area contributed by atoms with Crippen LogP contribution in [-0.2, 0) is 16.1 Å². The van der Waals surface area contributed by atoms with E-state index in [1.165, 1.54) is 4.90 Å². The summed E-state index contributed by atoms with van der Waals surface area (Å²) in [6, 6.07) is 2.90. The van der Waals surface area contributed by atoms with Gasteiger partial charge in [0.05, 0.1) is 6.54 Å². The third kappa shape index (κ3) is 3.60. The van der Waals surface area contributed by atoms with E-state index >= 15 is 0 Å². The fraction of sp³-hybridized carbons (Fsp3) is 0.500. The Morgan fingerprint density at radius 3 is 2.86 bits per heavy atom. The number of nitrogens with one attached hydrogen (secondary N) is 1. The average Bonchev–Trinajstić information content (AvgIpc) is 3.03. The normalized spacial score (nSPS) is 18.0. The van der Waals surface area contributed by atoms with Crippen molar-refractivity contribution >= 4 is 29.2 Å². The summed E-state index contributed by atoms with van der Waals surface area (Å²) in [4.78, 5) is 39.6. The predicted molar refractivity (Wildman–Crippen MR) is 79.7 cm³/mol. The van der Waals surface area contributed by atoms with Gasteiger partial charge in [0.25, 0.3) is 5.91 Å². The lowest BCUT2D eigenvalue weighted by Crippen LogP contribution is -2.41. The smallest absolute Gasteiger partial charge is 0.325 e. The van der Waals surface area contributed by atoms with Gasteiger partial charge in [-0.2, -0.15) is 0 Å². The standard InChI is InChI=1S/C14H19N3O3S/c1-3-5-11-13(19)17(14(20)15-11)9-12(18)16(2)8-10-6-4-7-21-10/h4,6-7,11H,3,5,8-9H2,1-2H3,(H,15,20). The van der Waals surface area contributed by atoms with Crippen LogP contribution >= 0.6 is 11.3 Å². The summed E-state index contributed by atoms with van der Waals surface area (Å²) in [6.07, 6.45) is 1.40. The van der Waals surface area contributed by atoms with Gasteiger partial charge in [0.1, 0.15) is 12.6 Å². The molecule has 1 N–H and O–H groups in total. The molecule has 2 heterocycles.